The van der Waals surface area contributed by atoms with Crippen molar-refractivity contribution in [3.63, 3.8) is 0 Å². The van der Waals surface area contributed by atoms with Gasteiger partial charge in [0, 0.05) is 5.69 Å². The Labute approximate surface area is 66.5 Å². The Kier molecular flexibility index (Phi) is 0.593. The predicted octanol–water partition coefficient (Wildman–Crippen LogP) is 2.15. The van der Waals surface area contributed by atoms with E-state index in [0.717, 1.165) is 12.8 Å². The number of benzene rings is 1. The van der Waals surface area contributed by atoms with E-state index in [-0.39, 0.29) is 35.8 Å². The van der Waals surface area contributed by atoms with Crippen molar-refractivity contribution in [3.8, 4) is 0 Å². The minimum atomic E-state index is -0.190. The molecule has 1 aliphatic rings. The van der Waals surface area contributed by atoms with Crippen molar-refractivity contribution in [3.05, 3.63) is 29.7 Å². The summed E-state index contributed by atoms with van der Waals surface area (Å²) < 4.78 is 30.3. The highest BCUT2D eigenvalue weighted by Crippen LogP contribution is 2.40. The maximum atomic E-state index is 7.70. The van der Waals surface area contributed by atoms with E-state index in [1.165, 1.54) is 0 Å². The normalized spacial score (nSPS) is 22.8. The van der Waals surface area contributed by atoms with Gasteiger partial charge < -0.3 is 5.73 Å². The zero-order valence-corrected chi connectivity index (χ0v) is 5.57. The lowest BCUT2D eigenvalue weighted by molar-refractivity contribution is 1.13. The maximum Gasteiger partial charge on any atom is 0.0648 e. The molecule has 0 saturated heterocycles. The second kappa shape index (κ2) is 2.01. The van der Waals surface area contributed by atoms with Gasteiger partial charge in [-0.2, -0.15) is 0 Å². The lowest BCUT2D eigenvalue weighted by atomic mass is 10.1. The molecule has 1 aromatic carbocycles. The van der Waals surface area contributed by atoms with Crippen LogP contribution in [-0.4, -0.2) is 0 Å². The lowest BCUT2D eigenvalue weighted by Gasteiger charge is -1.97. The summed E-state index contributed by atoms with van der Waals surface area (Å²) >= 11 is 0. The molecular formula is C9H11N. The molecule has 0 aromatic heterocycles. The standard InChI is InChI=1S/C9H11N/c10-9-3-1-2-8(6-9)7-4-5-7/h1-3,6-7H,4-5,10H2/i1D,2D,3D,6D. The first-order chi connectivity index (χ1) is 6.54. The fraction of sp³-hybridized carbons (Fsp3) is 0.333. The van der Waals surface area contributed by atoms with Crippen LogP contribution in [0, 0.1) is 0 Å². The second-order valence-corrected chi connectivity index (χ2v) is 2.60. The molecule has 1 saturated carbocycles. The molecule has 2 N–H and O–H groups in total. The van der Waals surface area contributed by atoms with E-state index in [2.05, 4.69) is 0 Å². The van der Waals surface area contributed by atoms with Crippen molar-refractivity contribution in [2.45, 2.75) is 18.8 Å². The molecule has 0 atom stereocenters. The summed E-state index contributed by atoms with van der Waals surface area (Å²) in [7, 11) is 0. The van der Waals surface area contributed by atoms with Crippen molar-refractivity contribution < 1.29 is 5.48 Å². The van der Waals surface area contributed by atoms with Gasteiger partial charge in [0.15, 0.2) is 0 Å². The van der Waals surface area contributed by atoms with Gasteiger partial charge in [-0.15, -0.1) is 0 Å². The Morgan fingerprint density at radius 3 is 3.00 bits per heavy atom. The second-order valence-electron chi connectivity index (χ2n) is 2.60. The van der Waals surface area contributed by atoms with Crippen molar-refractivity contribution in [2.24, 2.45) is 0 Å². The van der Waals surface area contributed by atoms with Crippen LogP contribution in [0.1, 0.15) is 29.8 Å². The van der Waals surface area contributed by atoms with Crippen LogP contribution in [0.15, 0.2) is 24.2 Å². The number of hydrogen-bond acceptors (Lipinski definition) is 1. The van der Waals surface area contributed by atoms with Gasteiger partial charge in [-0.05, 0) is 36.4 Å². The monoisotopic (exact) mass is 137 g/mol. The summed E-state index contributed by atoms with van der Waals surface area (Å²) in [6.07, 6.45) is 1.93. The van der Waals surface area contributed by atoms with E-state index in [1.54, 1.807) is 0 Å². The van der Waals surface area contributed by atoms with Gasteiger partial charge in [-0.3, -0.25) is 0 Å². The number of rotatable bonds is 1. The SMILES string of the molecule is [2H]c1c([2H])c(N)c([2H])c(C2CC2)c1[2H]. The third kappa shape index (κ3) is 0.991. The third-order valence-corrected chi connectivity index (χ3v) is 1.65. The maximum absolute atomic E-state index is 7.70. The first kappa shape index (κ1) is 2.95. The van der Waals surface area contributed by atoms with Crippen LogP contribution in [0.2, 0.25) is 0 Å². The first-order valence-corrected chi connectivity index (χ1v) is 3.39. The van der Waals surface area contributed by atoms with Crippen LogP contribution in [0.3, 0.4) is 0 Å². The fourth-order valence-corrected chi connectivity index (χ4v) is 0.950. The molecule has 1 aliphatic carbocycles. The van der Waals surface area contributed by atoms with Gasteiger partial charge in [-0.1, -0.05) is 12.1 Å². The zero-order chi connectivity index (χ0) is 10.5. The van der Waals surface area contributed by atoms with Crippen LogP contribution in [0.25, 0.3) is 0 Å². The summed E-state index contributed by atoms with van der Waals surface area (Å²) in [6, 6.07) is -0.250. The molecule has 1 nitrogen and oxygen atoms in total. The Morgan fingerprint density at radius 2 is 2.30 bits per heavy atom. The highest BCUT2D eigenvalue weighted by atomic mass is 14.5. The molecule has 0 unspecified atom stereocenters. The van der Waals surface area contributed by atoms with E-state index < -0.39 is 0 Å². The Morgan fingerprint density at radius 1 is 1.50 bits per heavy atom. The van der Waals surface area contributed by atoms with Gasteiger partial charge >= 0.3 is 0 Å². The van der Waals surface area contributed by atoms with Crippen molar-refractivity contribution in [2.75, 3.05) is 5.73 Å². The van der Waals surface area contributed by atoms with E-state index >= 15 is 0 Å². The Balaban J connectivity index is 2.69. The first-order valence-electron chi connectivity index (χ1n) is 5.39. The number of hydrogen-bond donors (Lipinski definition) is 1. The van der Waals surface area contributed by atoms with Gasteiger partial charge in [0.05, 0.1) is 5.48 Å². The zero-order valence-electron chi connectivity index (χ0n) is 9.57. The summed E-state index contributed by atoms with van der Waals surface area (Å²) in [5.41, 5.74) is 6.13. The van der Waals surface area contributed by atoms with E-state index in [4.69, 9.17) is 11.2 Å². The van der Waals surface area contributed by atoms with E-state index in [9.17, 15) is 0 Å². The molecule has 0 radical (unpaired) electrons. The predicted molar refractivity (Wildman–Crippen MR) is 42.8 cm³/mol. The molecule has 0 heterocycles. The van der Waals surface area contributed by atoms with E-state index in [1.807, 2.05) is 0 Å². The molecule has 0 aliphatic heterocycles. The topological polar surface area (TPSA) is 26.0 Å². The quantitative estimate of drug-likeness (QED) is 0.590. The summed E-state index contributed by atoms with van der Waals surface area (Å²) in [4.78, 5) is 0. The molecule has 1 heteroatoms. The van der Waals surface area contributed by atoms with E-state index in [0.29, 0.717) is 5.56 Å². The molecule has 0 bridgehead atoms. The molecule has 52 valence electrons. The van der Waals surface area contributed by atoms with Crippen LogP contribution >= 0.6 is 0 Å². The van der Waals surface area contributed by atoms with Gasteiger partial charge in [0.25, 0.3) is 0 Å². The molecule has 1 fully saturated rings. The van der Waals surface area contributed by atoms with Crippen molar-refractivity contribution in [1.29, 1.82) is 0 Å². The minimum absolute atomic E-state index is 0.0108. The van der Waals surface area contributed by atoms with Crippen LogP contribution < -0.4 is 5.73 Å². The number of nitrogens with two attached hydrogens (primary N) is 1. The average molecular weight is 137 g/mol. The average Bonchev–Trinajstić information content (AvgIpc) is 2.96. The fourth-order valence-electron chi connectivity index (χ4n) is 0.950. The Hall–Kier alpha value is -0.980. The molecule has 2 rings (SSSR count). The number of nitrogen functional groups attached to an aromatic ring is 1. The third-order valence-electron chi connectivity index (χ3n) is 1.65. The molecule has 0 spiro atoms. The summed E-state index contributed by atoms with van der Waals surface area (Å²) in [5.74, 6) is 0.224. The number of anilines is 1. The summed E-state index contributed by atoms with van der Waals surface area (Å²) in [5, 5.41) is 0. The van der Waals surface area contributed by atoms with Crippen molar-refractivity contribution >= 4 is 5.69 Å². The van der Waals surface area contributed by atoms with Gasteiger partial charge in [0.2, 0.25) is 0 Å². The molecule has 0 amide bonds. The molecule has 1 aromatic rings. The van der Waals surface area contributed by atoms with Gasteiger partial charge in [-0.25, -0.2) is 0 Å². The Bertz CT molecular complexity index is 369. The molecule has 10 heavy (non-hydrogen) atoms. The highest BCUT2D eigenvalue weighted by molar-refractivity contribution is 5.42. The van der Waals surface area contributed by atoms with Crippen LogP contribution in [0.4, 0.5) is 5.69 Å². The van der Waals surface area contributed by atoms with Crippen molar-refractivity contribution in [1.82, 2.24) is 0 Å². The van der Waals surface area contributed by atoms with Crippen LogP contribution in [-0.2, 0) is 0 Å². The summed E-state index contributed by atoms with van der Waals surface area (Å²) in [6.45, 7) is 0. The molecular weight excluding hydrogens is 122 g/mol. The lowest BCUT2D eigenvalue weighted by Crippen LogP contribution is -1.85. The van der Waals surface area contributed by atoms with Crippen LogP contribution in [0.5, 0.6) is 0 Å². The smallest absolute Gasteiger partial charge is 0.0648 e. The van der Waals surface area contributed by atoms with Gasteiger partial charge in [0.1, 0.15) is 0 Å². The highest BCUT2D eigenvalue weighted by Gasteiger charge is 2.22. The largest absolute Gasteiger partial charge is 0.399 e. The minimum Gasteiger partial charge on any atom is -0.399 e.